The van der Waals surface area contributed by atoms with Gasteiger partial charge in [-0.2, -0.15) is 0 Å². The van der Waals surface area contributed by atoms with E-state index in [-0.39, 0.29) is 0 Å². The zero-order valence-electron chi connectivity index (χ0n) is 50.0. The predicted molar refractivity (Wildman–Crippen MR) is 389 cm³/mol. The Morgan fingerprint density at radius 2 is 0.500 bits per heavy atom. The van der Waals surface area contributed by atoms with E-state index < -0.39 is 0 Å². The standard InChI is InChI=1S/C46H28N2.C42H26N2/c1-2-9-31-26-32(16-15-29(31)8-1)33-17-18-35-28-36(20-19-34(35)27-33)37-23-24-40(39-12-4-3-11-38(37)39)44-41-13-5-6-14-43(41)48-46-42(44)22-21-30-10-7-25-47-45(30)46;1-2-7-31-24-33(16-13-27(31)6-1)36-20-19-34-25-32(17-18-35(34)26-36)28-11-14-29(15-12-28)40-37-9-3-4-10-39(37)44-42-38(40)22-21-30-8-5-23-43-41(30)42/h1-28H;1-26H. The second-order valence-corrected chi connectivity index (χ2v) is 24.0. The molecular formula is C88H54N4. The molecule has 0 aliphatic carbocycles. The first-order chi connectivity index (χ1) is 45.6. The van der Waals surface area contributed by atoms with Crippen LogP contribution in [0.5, 0.6) is 0 Å². The molecule has 0 unspecified atom stereocenters. The van der Waals surface area contributed by atoms with Crippen molar-refractivity contribution in [2.45, 2.75) is 0 Å². The molecule has 0 bridgehead atoms. The molecule has 4 heteroatoms. The summed E-state index contributed by atoms with van der Waals surface area (Å²) in [6, 6.07) is 114. The molecule has 0 radical (unpaired) electrons. The number of para-hydroxylation sites is 2. The first kappa shape index (κ1) is 52.8. The Morgan fingerprint density at radius 3 is 1.01 bits per heavy atom. The van der Waals surface area contributed by atoms with Crippen LogP contribution >= 0.6 is 0 Å². The smallest absolute Gasteiger partial charge is 0.0978 e. The summed E-state index contributed by atoms with van der Waals surface area (Å²) in [5.74, 6) is 0. The molecule has 0 fully saturated rings. The second-order valence-electron chi connectivity index (χ2n) is 24.0. The van der Waals surface area contributed by atoms with Crippen molar-refractivity contribution in [3.8, 4) is 66.8 Å². The van der Waals surface area contributed by atoms with Crippen molar-refractivity contribution in [1.29, 1.82) is 0 Å². The minimum Gasteiger partial charge on any atom is -0.254 e. The third kappa shape index (κ3) is 9.15. The van der Waals surface area contributed by atoms with Crippen LogP contribution in [0.2, 0.25) is 0 Å². The maximum atomic E-state index is 5.14. The molecule has 0 aliphatic rings. The van der Waals surface area contributed by atoms with Gasteiger partial charge in [-0.05, 0) is 170 Å². The Labute approximate surface area is 530 Å². The largest absolute Gasteiger partial charge is 0.254 e. The average molecular weight is 1170 g/mol. The van der Waals surface area contributed by atoms with Crippen molar-refractivity contribution in [2.75, 3.05) is 0 Å². The maximum absolute atomic E-state index is 5.14. The lowest BCUT2D eigenvalue weighted by atomic mass is 9.88. The topological polar surface area (TPSA) is 51.6 Å². The lowest BCUT2D eigenvalue weighted by Crippen LogP contribution is -1.93. The number of aromatic nitrogens is 4. The van der Waals surface area contributed by atoms with Crippen molar-refractivity contribution < 1.29 is 0 Å². The summed E-state index contributed by atoms with van der Waals surface area (Å²) in [5.41, 5.74) is 20.3. The Hall–Kier alpha value is -12.2. The zero-order valence-corrected chi connectivity index (χ0v) is 50.0. The number of fused-ring (bicyclic) bond motifs is 13. The zero-order chi connectivity index (χ0) is 60.6. The third-order valence-corrected chi connectivity index (χ3v) is 18.7. The SMILES string of the molecule is c1ccc2cc(-c3ccc4cc(-c5ccc(-c6c7ccccc7nc7c6ccc6cccnc67)c6ccccc56)ccc4c3)ccc2c1.c1ccc2cc(-c3ccc4cc(-c5ccc(-c6c7ccccc7nc7c6ccc6cccnc67)cc5)ccc4c3)ccc2c1. The van der Waals surface area contributed by atoms with Gasteiger partial charge in [-0.3, -0.25) is 9.97 Å². The highest BCUT2D eigenvalue weighted by Crippen LogP contribution is 2.44. The van der Waals surface area contributed by atoms with Crippen LogP contribution in [0.1, 0.15) is 0 Å². The number of rotatable bonds is 6. The summed E-state index contributed by atoms with van der Waals surface area (Å²) >= 11 is 0. The Bertz CT molecular complexity index is 6210. The normalized spacial score (nSPS) is 11.7. The van der Waals surface area contributed by atoms with E-state index in [0.29, 0.717) is 0 Å². The van der Waals surface area contributed by atoms with Gasteiger partial charge in [0.2, 0.25) is 0 Å². The first-order valence-electron chi connectivity index (χ1n) is 31.4. The van der Waals surface area contributed by atoms with Crippen LogP contribution < -0.4 is 0 Å². The number of hydrogen-bond acceptors (Lipinski definition) is 4. The van der Waals surface area contributed by atoms with Crippen molar-refractivity contribution in [1.82, 2.24) is 19.9 Å². The molecule has 4 aromatic heterocycles. The fourth-order valence-electron chi connectivity index (χ4n) is 14.1. The molecule has 4 heterocycles. The molecule has 0 N–H and O–H groups in total. The lowest BCUT2D eigenvalue weighted by Gasteiger charge is -2.17. The van der Waals surface area contributed by atoms with Gasteiger partial charge >= 0.3 is 0 Å². The van der Waals surface area contributed by atoms with Crippen molar-refractivity contribution in [3.63, 3.8) is 0 Å². The lowest BCUT2D eigenvalue weighted by molar-refractivity contribution is 1.40. The maximum Gasteiger partial charge on any atom is 0.0978 e. The van der Waals surface area contributed by atoms with Gasteiger partial charge in [-0.1, -0.05) is 255 Å². The van der Waals surface area contributed by atoms with Gasteiger partial charge in [0.1, 0.15) is 0 Å². The minimum absolute atomic E-state index is 0.933. The summed E-state index contributed by atoms with van der Waals surface area (Å²) in [5, 5.41) is 19.2. The van der Waals surface area contributed by atoms with Crippen LogP contribution in [0, 0.1) is 0 Å². The molecule has 0 atom stereocenters. The first-order valence-corrected chi connectivity index (χ1v) is 31.4. The molecule has 0 spiro atoms. The number of nitrogens with zero attached hydrogens (tertiary/aromatic N) is 4. The van der Waals surface area contributed by atoms with Crippen molar-refractivity contribution in [2.24, 2.45) is 0 Å². The number of benzene rings is 15. The highest BCUT2D eigenvalue weighted by Gasteiger charge is 2.19. The predicted octanol–water partition coefficient (Wildman–Crippen LogP) is 23.6. The fraction of sp³-hybridized carbons (Fsp3) is 0. The van der Waals surface area contributed by atoms with E-state index >= 15 is 0 Å². The fourth-order valence-corrected chi connectivity index (χ4v) is 14.1. The van der Waals surface area contributed by atoms with Crippen LogP contribution in [0.25, 0.3) is 186 Å². The van der Waals surface area contributed by atoms with Gasteiger partial charge in [0.15, 0.2) is 0 Å². The molecule has 92 heavy (non-hydrogen) atoms. The summed E-state index contributed by atoms with van der Waals surface area (Å²) in [4.78, 5) is 19.7. The molecule has 426 valence electrons. The van der Waals surface area contributed by atoms with Crippen LogP contribution in [0.4, 0.5) is 0 Å². The molecule has 0 saturated carbocycles. The van der Waals surface area contributed by atoms with E-state index in [9.17, 15) is 0 Å². The minimum atomic E-state index is 0.933. The Kier molecular flexibility index (Phi) is 12.5. The highest BCUT2D eigenvalue weighted by atomic mass is 14.8. The quantitative estimate of drug-likeness (QED) is 0.123. The van der Waals surface area contributed by atoms with E-state index in [2.05, 4.69) is 303 Å². The molecular weight excluding hydrogens is 1110 g/mol. The van der Waals surface area contributed by atoms with Crippen LogP contribution in [0.15, 0.2) is 328 Å². The molecule has 19 aromatic rings. The molecule has 0 aliphatic heterocycles. The van der Waals surface area contributed by atoms with Crippen LogP contribution in [-0.4, -0.2) is 19.9 Å². The number of pyridine rings is 4. The monoisotopic (exact) mass is 1170 g/mol. The molecule has 15 aromatic carbocycles. The van der Waals surface area contributed by atoms with Gasteiger partial charge in [0, 0.05) is 55.8 Å². The molecule has 19 rings (SSSR count). The average Bonchev–Trinajstić information content (AvgIpc) is 0.769. The summed E-state index contributed by atoms with van der Waals surface area (Å²) < 4.78 is 0. The van der Waals surface area contributed by atoms with Gasteiger partial charge in [-0.15, -0.1) is 0 Å². The van der Waals surface area contributed by atoms with E-state index in [0.717, 1.165) is 65.4 Å². The van der Waals surface area contributed by atoms with Gasteiger partial charge < -0.3 is 0 Å². The second kappa shape index (κ2) is 21.8. The molecule has 0 saturated heterocycles. The van der Waals surface area contributed by atoms with Gasteiger partial charge in [0.25, 0.3) is 0 Å². The van der Waals surface area contributed by atoms with Crippen molar-refractivity contribution >= 4 is 119 Å². The molecule has 4 nitrogen and oxygen atoms in total. The van der Waals surface area contributed by atoms with Crippen molar-refractivity contribution in [3.05, 3.63) is 328 Å². The van der Waals surface area contributed by atoms with Crippen LogP contribution in [0.3, 0.4) is 0 Å². The summed E-state index contributed by atoms with van der Waals surface area (Å²) in [6.45, 7) is 0. The van der Waals surface area contributed by atoms with Gasteiger partial charge in [0.05, 0.1) is 33.1 Å². The number of hydrogen-bond donors (Lipinski definition) is 0. The Balaban J connectivity index is 0.000000136. The van der Waals surface area contributed by atoms with E-state index in [1.54, 1.807) is 0 Å². The summed E-state index contributed by atoms with van der Waals surface area (Å²) in [7, 11) is 0. The van der Waals surface area contributed by atoms with Crippen LogP contribution in [-0.2, 0) is 0 Å². The summed E-state index contributed by atoms with van der Waals surface area (Å²) in [6.07, 6.45) is 3.71. The van der Waals surface area contributed by atoms with E-state index in [1.165, 1.54) is 121 Å². The molecule has 0 amide bonds. The van der Waals surface area contributed by atoms with E-state index in [1.807, 2.05) is 24.5 Å². The van der Waals surface area contributed by atoms with E-state index in [4.69, 9.17) is 19.9 Å². The third-order valence-electron chi connectivity index (χ3n) is 18.7. The van der Waals surface area contributed by atoms with Gasteiger partial charge in [-0.25, -0.2) is 9.97 Å². The highest BCUT2D eigenvalue weighted by molar-refractivity contribution is 6.21. The Morgan fingerprint density at radius 1 is 0.174 bits per heavy atom.